The second kappa shape index (κ2) is 4.26. The van der Waals surface area contributed by atoms with Gasteiger partial charge in [-0.3, -0.25) is 0 Å². The lowest BCUT2D eigenvalue weighted by Gasteiger charge is -2.09. The Morgan fingerprint density at radius 1 is 1.50 bits per heavy atom. The van der Waals surface area contributed by atoms with E-state index in [9.17, 15) is 13.2 Å². The molecule has 6 nitrogen and oxygen atoms in total. The number of rotatable bonds is 4. The molecule has 1 rings (SSSR count). The predicted molar refractivity (Wildman–Crippen MR) is 58.0 cm³/mol. The Balaban J connectivity index is 3.38. The highest BCUT2D eigenvalue weighted by atomic mass is 32.2. The first-order chi connectivity index (χ1) is 7.29. The van der Waals surface area contributed by atoms with E-state index in [1.165, 1.54) is 17.8 Å². The summed E-state index contributed by atoms with van der Waals surface area (Å²) < 4.78 is 26.5. The molecule has 0 saturated heterocycles. The molecule has 16 heavy (non-hydrogen) atoms. The Bertz CT molecular complexity index is 502. The van der Waals surface area contributed by atoms with Crippen LogP contribution in [0.5, 0.6) is 0 Å². The van der Waals surface area contributed by atoms with Gasteiger partial charge >= 0.3 is 5.97 Å². The molecule has 0 bridgehead atoms. The molecule has 0 unspecified atom stereocenters. The molecule has 1 aromatic rings. The first kappa shape index (κ1) is 12.7. The summed E-state index contributed by atoms with van der Waals surface area (Å²) in [7, 11) is -2.32. The van der Waals surface area contributed by atoms with Gasteiger partial charge in [0.1, 0.15) is 10.6 Å². The maximum atomic E-state index is 11.5. The van der Waals surface area contributed by atoms with E-state index in [4.69, 9.17) is 5.11 Å². The van der Waals surface area contributed by atoms with Crippen molar-refractivity contribution in [1.29, 1.82) is 0 Å². The number of aromatic carboxylic acids is 1. The topological polar surface area (TPSA) is 88.4 Å². The van der Waals surface area contributed by atoms with Crippen LogP contribution in [0.25, 0.3) is 0 Å². The fraction of sp³-hybridized carbons (Fsp3) is 0.444. The van der Waals surface area contributed by atoms with Crippen LogP contribution in [0.2, 0.25) is 0 Å². The van der Waals surface area contributed by atoms with Crippen LogP contribution in [0.3, 0.4) is 0 Å². The first-order valence-corrected chi connectivity index (χ1v) is 6.16. The van der Waals surface area contributed by atoms with Crippen LogP contribution in [0.4, 0.5) is 0 Å². The van der Waals surface area contributed by atoms with E-state index in [2.05, 4.69) is 4.72 Å². The number of carboxylic acid groups (broad SMARTS) is 1. The van der Waals surface area contributed by atoms with E-state index in [1.807, 2.05) is 0 Å². The van der Waals surface area contributed by atoms with Crippen LogP contribution < -0.4 is 4.72 Å². The van der Waals surface area contributed by atoms with E-state index in [-0.39, 0.29) is 16.6 Å². The third kappa shape index (κ3) is 2.25. The maximum absolute atomic E-state index is 11.5. The molecule has 7 heteroatoms. The van der Waals surface area contributed by atoms with Crippen LogP contribution in [0, 0.1) is 0 Å². The van der Waals surface area contributed by atoms with Crippen LogP contribution >= 0.6 is 0 Å². The van der Waals surface area contributed by atoms with E-state index in [0.29, 0.717) is 0 Å². The normalized spacial score (nSPS) is 12.0. The molecule has 0 aliphatic carbocycles. The van der Waals surface area contributed by atoms with Gasteiger partial charge in [-0.2, -0.15) is 0 Å². The molecule has 0 aliphatic rings. The summed E-state index contributed by atoms with van der Waals surface area (Å²) in [6.45, 7) is 3.56. The molecule has 2 N–H and O–H groups in total. The summed E-state index contributed by atoms with van der Waals surface area (Å²) in [4.78, 5) is 10.9. The molecule has 1 heterocycles. The van der Waals surface area contributed by atoms with Gasteiger partial charge in [0.2, 0.25) is 10.0 Å². The zero-order valence-corrected chi connectivity index (χ0v) is 10.1. The van der Waals surface area contributed by atoms with E-state index < -0.39 is 16.0 Å². The quantitative estimate of drug-likeness (QED) is 0.817. The zero-order chi connectivity index (χ0) is 12.5. The number of sulfonamides is 1. The molecule has 0 aromatic carbocycles. The molecular formula is C9H14N2O4S. The molecule has 0 atom stereocenters. The summed E-state index contributed by atoms with van der Waals surface area (Å²) >= 11 is 0. The van der Waals surface area contributed by atoms with Crippen molar-refractivity contribution in [3.05, 3.63) is 18.0 Å². The standard InChI is InChI=1S/C9H14N2O4S/c1-6(2)11-5-7(16(14,15)10-3)4-8(11)9(12)13/h4-6,10H,1-3H3,(H,12,13). The molecular weight excluding hydrogens is 232 g/mol. The maximum Gasteiger partial charge on any atom is 0.352 e. The fourth-order valence-corrected chi connectivity index (χ4v) is 2.07. The second-order valence-corrected chi connectivity index (χ2v) is 5.46. The van der Waals surface area contributed by atoms with Gasteiger partial charge in [-0.25, -0.2) is 17.9 Å². The van der Waals surface area contributed by atoms with Gasteiger partial charge in [-0.15, -0.1) is 0 Å². The van der Waals surface area contributed by atoms with Crippen molar-refractivity contribution in [2.24, 2.45) is 0 Å². The molecule has 0 saturated carbocycles. The number of hydrogen-bond donors (Lipinski definition) is 2. The van der Waals surface area contributed by atoms with Crippen molar-refractivity contribution in [2.75, 3.05) is 7.05 Å². The van der Waals surface area contributed by atoms with Crippen LogP contribution in [0.1, 0.15) is 30.4 Å². The Morgan fingerprint density at radius 2 is 2.06 bits per heavy atom. The van der Waals surface area contributed by atoms with Crippen LogP contribution in [-0.2, 0) is 10.0 Å². The number of hydrogen-bond acceptors (Lipinski definition) is 3. The summed E-state index contributed by atoms with van der Waals surface area (Å²) in [5, 5.41) is 8.93. The lowest BCUT2D eigenvalue weighted by atomic mass is 10.3. The van der Waals surface area contributed by atoms with Gasteiger partial charge in [0.15, 0.2) is 0 Å². The van der Waals surface area contributed by atoms with Crippen molar-refractivity contribution in [2.45, 2.75) is 24.8 Å². The Hall–Kier alpha value is -1.34. The van der Waals surface area contributed by atoms with Gasteiger partial charge in [0, 0.05) is 12.2 Å². The average Bonchev–Trinajstić information content (AvgIpc) is 2.62. The molecule has 0 aliphatic heterocycles. The lowest BCUT2D eigenvalue weighted by molar-refractivity contribution is 0.0683. The van der Waals surface area contributed by atoms with Crippen molar-refractivity contribution in [3.63, 3.8) is 0 Å². The van der Waals surface area contributed by atoms with E-state index in [0.717, 1.165) is 6.07 Å². The summed E-state index contributed by atoms with van der Waals surface area (Å²) in [5.41, 5.74) is -0.0381. The number of nitrogens with zero attached hydrogens (tertiary/aromatic N) is 1. The molecule has 0 radical (unpaired) electrons. The van der Waals surface area contributed by atoms with Crippen molar-refractivity contribution in [3.8, 4) is 0 Å². The summed E-state index contributed by atoms with van der Waals surface area (Å²) in [6.07, 6.45) is 1.32. The third-order valence-corrected chi connectivity index (χ3v) is 3.56. The highest BCUT2D eigenvalue weighted by molar-refractivity contribution is 7.89. The minimum Gasteiger partial charge on any atom is -0.477 e. The first-order valence-electron chi connectivity index (χ1n) is 4.68. The average molecular weight is 246 g/mol. The SMILES string of the molecule is CNS(=O)(=O)c1cc(C(=O)O)n(C(C)C)c1. The smallest absolute Gasteiger partial charge is 0.352 e. The Kier molecular flexibility index (Phi) is 3.39. The van der Waals surface area contributed by atoms with Gasteiger partial charge in [-0.05, 0) is 27.0 Å². The van der Waals surface area contributed by atoms with Crippen LogP contribution in [-0.4, -0.2) is 31.1 Å². The zero-order valence-electron chi connectivity index (χ0n) is 9.26. The largest absolute Gasteiger partial charge is 0.477 e. The van der Waals surface area contributed by atoms with Gasteiger partial charge in [-0.1, -0.05) is 0 Å². The second-order valence-electron chi connectivity index (χ2n) is 3.57. The number of carboxylic acids is 1. The molecule has 0 fully saturated rings. The van der Waals surface area contributed by atoms with Crippen molar-refractivity contribution < 1.29 is 18.3 Å². The van der Waals surface area contributed by atoms with Gasteiger partial charge < -0.3 is 9.67 Å². The Labute approximate surface area is 93.9 Å². The van der Waals surface area contributed by atoms with Crippen LogP contribution in [0.15, 0.2) is 17.2 Å². The monoisotopic (exact) mass is 246 g/mol. The van der Waals surface area contributed by atoms with Crippen molar-refractivity contribution >= 4 is 16.0 Å². The molecule has 0 spiro atoms. The van der Waals surface area contributed by atoms with E-state index >= 15 is 0 Å². The van der Waals surface area contributed by atoms with Crippen molar-refractivity contribution in [1.82, 2.24) is 9.29 Å². The summed E-state index contributed by atoms with van der Waals surface area (Å²) in [6, 6.07) is 1.03. The summed E-state index contributed by atoms with van der Waals surface area (Å²) in [5.74, 6) is -1.15. The highest BCUT2D eigenvalue weighted by Gasteiger charge is 2.20. The number of aromatic nitrogens is 1. The predicted octanol–water partition coefficient (Wildman–Crippen LogP) is 0.675. The number of nitrogens with one attached hydrogen (secondary N) is 1. The van der Waals surface area contributed by atoms with Gasteiger partial charge in [0.05, 0.1) is 0 Å². The fourth-order valence-electron chi connectivity index (χ4n) is 1.32. The lowest BCUT2D eigenvalue weighted by Crippen LogP contribution is -2.17. The molecule has 1 aromatic heterocycles. The Morgan fingerprint density at radius 3 is 2.38 bits per heavy atom. The minimum atomic E-state index is -3.60. The van der Waals surface area contributed by atoms with E-state index in [1.54, 1.807) is 13.8 Å². The highest BCUT2D eigenvalue weighted by Crippen LogP contribution is 2.18. The van der Waals surface area contributed by atoms with Gasteiger partial charge in [0.25, 0.3) is 0 Å². The number of carbonyl (C=O) groups is 1. The third-order valence-electron chi connectivity index (χ3n) is 2.18. The molecule has 90 valence electrons. The minimum absolute atomic E-state index is 0.0381. The molecule has 0 amide bonds.